The molecule has 0 amide bonds. The van der Waals surface area contributed by atoms with Crippen molar-refractivity contribution in [3.05, 3.63) is 0 Å². The Hall–Kier alpha value is -0.850. The molecule has 1 rings (SSSR count). The lowest BCUT2D eigenvalue weighted by atomic mass is 10.4. The molecule has 0 aromatic carbocycles. The molecule has 1 saturated heterocycles. The van der Waals surface area contributed by atoms with Crippen LogP contribution in [0.2, 0.25) is 0 Å². The summed E-state index contributed by atoms with van der Waals surface area (Å²) in [4.78, 5) is 6.80. The van der Waals surface area contributed by atoms with Crippen molar-refractivity contribution in [2.24, 2.45) is 10.8 Å². The van der Waals surface area contributed by atoms with Gasteiger partial charge in [0.05, 0.1) is 0 Å². The van der Waals surface area contributed by atoms with Gasteiger partial charge in [-0.15, -0.1) is 0 Å². The molecule has 0 aliphatic carbocycles. The highest BCUT2D eigenvalue weighted by molar-refractivity contribution is 5.79. The fraction of sp³-hybridized carbons (Fsp3) is 0.917. The largest absolute Gasteiger partial charge is 0.382 e. The first kappa shape index (κ1) is 15.2. The van der Waals surface area contributed by atoms with Crippen molar-refractivity contribution < 1.29 is 4.74 Å². The predicted molar refractivity (Wildman–Crippen MR) is 74.4 cm³/mol. The van der Waals surface area contributed by atoms with Crippen molar-refractivity contribution in [2.75, 3.05) is 45.9 Å². The summed E-state index contributed by atoms with van der Waals surface area (Å²) in [5.74, 6) is 6.09. The van der Waals surface area contributed by atoms with Crippen LogP contribution in [0.4, 0.5) is 0 Å². The predicted octanol–water partition coefficient (Wildman–Crippen LogP) is -0.0823. The number of likely N-dealkylation sites (tertiary alicyclic amines) is 1. The summed E-state index contributed by atoms with van der Waals surface area (Å²) in [5.41, 5.74) is 2.60. The second-order valence-electron chi connectivity index (χ2n) is 4.40. The first-order valence-corrected chi connectivity index (χ1v) is 6.92. The summed E-state index contributed by atoms with van der Waals surface area (Å²) < 4.78 is 5.25. The first-order valence-electron chi connectivity index (χ1n) is 6.92. The molecule has 0 unspecified atom stereocenters. The molecule has 18 heavy (non-hydrogen) atoms. The van der Waals surface area contributed by atoms with Gasteiger partial charge < -0.3 is 15.0 Å². The molecule has 1 heterocycles. The van der Waals surface area contributed by atoms with Gasteiger partial charge in [-0.2, -0.15) is 0 Å². The minimum absolute atomic E-state index is 0.672. The molecule has 0 atom stereocenters. The Bertz CT molecular complexity index is 229. The molecule has 1 fully saturated rings. The zero-order chi connectivity index (χ0) is 13.1. The topological polar surface area (TPSA) is 74.9 Å². The van der Waals surface area contributed by atoms with E-state index < -0.39 is 0 Å². The van der Waals surface area contributed by atoms with Gasteiger partial charge in [-0.1, -0.05) is 0 Å². The van der Waals surface area contributed by atoms with Gasteiger partial charge in [0.15, 0.2) is 0 Å². The van der Waals surface area contributed by atoms with Crippen molar-refractivity contribution in [1.29, 1.82) is 0 Å². The number of aliphatic imine (C=N–C) groups is 1. The van der Waals surface area contributed by atoms with Crippen LogP contribution in [-0.4, -0.2) is 56.8 Å². The third-order valence-corrected chi connectivity index (χ3v) is 2.98. The van der Waals surface area contributed by atoms with E-state index >= 15 is 0 Å². The number of hydrogen-bond acceptors (Lipinski definition) is 4. The molecule has 1 aliphatic heterocycles. The van der Waals surface area contributed by atoms with Crippen LogP contribution in [0, 0.1) is 0 Å². The molecule has 106 valence electrons. The van der Waals surface area contributed by atoms with Crippen molar-refractivity contribution in [3.8, 4) is 0 Å². The Balaban J connectivity index is 2.05. The van der Waals surface area contributed by atoms with E-state index in [0.29, 0.717) is 5.96 Å². The standard InChI is InChI=1S/C12H27N5O/c1-2-18-11-5-6-14-12(16-13)15-7-10-17-8-3-4-9-17/h2-11,13H2,1H3,(H2,14,15,16). The maximum absolute atomic E-state index is 5.42. The molecular formula is C12H27N5O. The van der Waals surface area contributed by atoms with Gasteiger partial charge in [0.25, 0.3) is 0 Å². The molecule has 4 N–H and O–H groups in total. The molecule has 6 heteroatoms. The highest BCUT2D eigenvalue weighted by Gasteiger charge is 2.10. The van der Waals surface area contributed by atoms with E-state index in [1.807, 2.05) is 6.92 Å². The molecule has 0 saturated carbocycles. The van der Waals surface area contributed by atoms with Crippen LogP contribution in [0.25, 0.3) is 0 Å². The summed E-state index contributed by atoms with van der Waals surface area (Å²) in [6.07, 6.45) is 3.58. The second-order valence-corrected chi connectivity index (χ2v) is 4.40. The number of nitrogens with two attached hydrogens (primary N) is 1. The van der Waals surface area contributed by atoms with Crippen LogP contribution in [0.15, 0.2) is 4.99 Å². The monoisotopic (exact) mass is 257 g/mol. The Morgan fingerprint density at radius 2 is 2.17 bits per heavy atom. The number of guanidine groups is 1. The molecule has 0 bridgehead atoms. The Kier molecular flexibility index (Phi) is 8.54. The van der Waals surface area contributed by atoms with Crippen LogP contribution in [0.3, 0.4) is 0 Å². The first-order chi connectivity index (χ1) is 8.86. The van der Waals surface area contributed by atoms with Crippen LogP contribution in [0.1, 0.15) is 26.2 Å². The normalized spacial score (nSPS) is 17.1. The van der Waals surface area contributed by atoms with E-state index in [1.165, 1.54) is 25.9 Å². The fourth-order valence-corrected chi connectivity index (χ4v) is 1.99. The van der Waals surface area contributed by atoms with E-state index in [0.717, 1.165) is 39.3 Å². The number of rotatable bonds is 8. The lowest BCUT2D eigenvalue weighted by molar-refractivity contribution is 0.146. The second kappa shape index (κ2) is 10.1. The minimum atomic E-state index is 0.672. The zero-order valence-corrected chi connectivity index (χ0v) is 11.5. The van der Waals surface area contributed by atoms with Gasteiger partial charge in [-0.05, 0) is 39.3 Å². The SMILES string of the molecule is CCOCCCN=C(NN)NCCN1CCCC1. The van der Waals surface area contributed by atoms with Crippen LogP contribution in [0.5, 0.6) is 0 Å². The van der Waals surface area contributed by atoms with Gasteiger partial charge >= 0.3 is 0 Å². The third kappa shape index (κ3) is 6.78. The van der Waals surface area contributed by atoms with Gasteiger partial charge in [-0.25, -0.2) is 5.84 Å². The average molecular weight is 257 g/mol. The number of hydrazine groups is 1. The Labute approximate surface area is 110 Å². The van der Waals surface area contributed by atoms with Gasteiger partial charge in [0.2, 0.25) is 5.96 Å². The minimum Gasteiger partial charge on any atom is -0.382 e. The average Bonchev–Trinajstić information content (AvgIpc) is 2.89. The molecule has 6 nitrogen and oxygen atoms in total. The van der Waals surface area contributed by atoms with Gasteiger partial charge in [-0.3, -0.25) is 10.4 Å². The highest BCUT2D eigenvalue weighted by Crippen LogP contribution is 2.05. The van der Waals surface area contributed by atoms with Crippen molar-refractivity contribution >= 4 is 5.96 Å². The van der Waals surface area contributed by atoms with E-state index in [1.54, 1.807) is 0 Å². The van der Waals surface area contributed by atoms with E-state index in [4.69, 9.17) is 10.6 Å². The summed E-state index contributed by atoms with van der Waals surface area (Å²) in [6, 6.07) is 0. The van der Waals surface area contributed by atoms with Gasteiger partial charge in [0.1, 0.15) is 0 Å². The summed E-state index contributed by atoms with van der Waals surface area (Å²) >= 11 is 0. The molecule has 0 spiro atoms. The molecular weight excluding hydrogens is 230 g/mol. The fourth-order valence-electron chi connectivity index (χ4n) is 1.99. The van der Waals surface area contributed by atoms with Crippen molar-refractivity contribution in [2.45, 2.75) is 26.2 Å². The number of hydrogen-bond donors (Lipinski definition) is 3. The van der Waals surface area contributed by atoms with Crippen LogP contribution >= 0.6 is 0 Å². The van der Waals surface area contributed by atoms with E-state index in [9.17, 15) is 0 Å². The quantitative estimate of drug-likeness (QED) is 0.186. The molecule has 0 aromatic heterocycles. The summed E-state index contributed by atoms with van der Waals surface area (Å²) in [6.45, 7) is 8.63. The smallest absolute Gasteiger partial charge is 0.205 e. The van der Waals surface area contributed by atoms with Crippen LogP contribution in [-0.2, 0) is 4.74 Å². The number of nitrogens with zero attached hydrogens (tertiary/aromatic N) is 2. The van der Waals surface area contributed by atoms with Gasteiger partial charge in [0, 0.05) is 32.8 Å². The van der Waals surface area contributed by atoms with Crippen LogP contribution < -0.4 is 16.6 Å². The zero-order valence-electron chi connectivity index (χ0n) is 11.5. The van der Waals surface area contributed by atoms with Crippen molar-refractivity contribution in [3.63, 3.8) is 0 Å². The Morgan fingerprint density at radius 1 is 1.39 bits per heavy atom. The van der Waals surface area contributed by atoms with Crippen molar-refractivity contribution in [1.82, 2.24) is 15.6 Å². The molecule has 1 aliphatic rings. The molecule has 0 aromatic rings. The van der Waals surface area contributed by atoms with E-state index in [-0.39, 0.29) is 0 Å². The number of nitrogens with one attached hydrogen (secondary N) is 2. The highest BCUT2D eigenvalue weighted by atomic mass is 16.5. The third-order valence-electron chi connectivity index (χ3n) is 2.98. The lowest BCUT2D eigenvalue weighted by Gasteiger charge is -2.15. The molecule has 0 radical (unpaired) electrons. The Morgan fingerprint density at radius 3 is 2.83 bits per heavy atom. The number of ether oxygens (including phenoxy) is 1. The summed E-state index contributed by atoms with van der Waals surface area (Å²) in [5, 5.41) is 3.22. The van der Waals surface area contributed by atoms with E-state index in [2.05, 4.69) is 20.6 Å². The summed E-state index contributed by atoms with van der Waals surface area (Å²) in [7, 11) is 0. The maximum atomic E-state index is 5.42. The maximum Gasteiger partial charge on any atom is 0.205 e. The lowest BCUT2D eigenvalue weighted by Crippen LogP contribution is -2.44.